The van der Waals surface area contributed by atoms with Gasteiger partial charge in [-0.1, -0.05) is 19.8 Å². The number of amides is 1. The second-order valence-electron chi connectivity index (χ2n) is 6.29. The van der Waals surface area contributed by atoms with Gasteiger partial charge in [0, 0.05) is 26.3 Å². The van der Waals surface area contributed by atoms with Crippen molar-refractivity contribution >= 4 is 21.9 Å². The van der Waals surface area contributed by atoms with E-state index in [2.05, 4.69) is 5.32 Å². The van der Waals surface area contributed by atoms with E-state index in [0.717, 1.165) is 19.3 Å². The molecule has 1 amide bonds. The summed E-state index contributed by atoms with van der Waals surface area (Å²) in [7, 11) is -2.07. The Morgan fingerprint density at radius 2 is 1.92 bits per heavy atom. The summed E-state index contributed by atoms with van der Waals surface area (Å²) >= 11 is 0. The second-order valence-corrected chi connectivity index (χ2v) is 8.23. The Balaban J connectivity index is 2.21. The maximum atomic E-state index is 12.7. The molecule has 0 spiro atoms. The number of carboxylic acids is 1. The summed E-state index contributed by atoms with van der Waals surface area (Å²) in [6.07, 6.45) is 4.99. The highest BCUT2D eigenvalue weighted by Crippen LogP contribution is 2.22. The molecular weight excluding hydrogens is 346 g/mol. The first-order valence-electron chi connectivity index (χ1n) is 8.47. The lowest BCUT2D eigenvalue weighted by atomic mass is 10.1. The molecule has 9 heteroatoms. The Labute approximate surface area is 147 Å². The maximum Gasteiger partial charge on any atom is 0.326 e. The van der Waals surface area contributed by atoms with Gasteiger partial charge in [-0.3, -0.25) is 4.79 Å². The fraction of sp³-hybridized carbons (Fsp3) is 0.625. The van der Waals surface area contributed by atoms with Crippen LogP contribution in [0.1, 0.15) is 49.5 Å². The molecule has 1 fully saturated rings. The van der Waals surface area contributed by atoms with Crippen molar-refractivity contribution in [2.45, 2.75) is 50.0 Å². The molecular formula is C16H25N3O5S. The van der Waals surface area contributed by atoms with Crippen LogP contribution in [0.25, 0.3) is 0 Å². The van der Waals surface area contributed by atoms with Gasteiger partial charge < -0.3 is 15.0 Å². The normalized spacial score (nSPS) is 17.2. The zero-order valence-corrected chi connectivity index (χ0v) is 15.4. The highest BCUT2D eigenvalue weighted by atomic mass is 32.2. The van der Waals surface area contributed by atoms with E-state index < -0.39 is 27.9 Å². The Morgan fingerprint density at radius 1 is 1.28 bits per heavy atom. The average molecular weight is 371 g/mol. The van der Waals surface area contributed by atoms with Crippen molar-refractivity contribution < 1.29 is 23.1 Å². The largest absolute Gasteiger partial charge is 0.480 e. The molecule has 1 saturated heterocycles. The molecule has 0 aliphatic carbocycles. The van der Waals surface area contributed by atoms with Crippen molar-refractivity contribution in [2.24, 2.45) is 7.05 Å². The van der Waals surface area contributed by atoms with Gasteiger partial charge in [0.15, 0.2) is 0 Å². The van der Waals surface area contributed by atoms with Crippen LogP contribution in [0, 0.1) is 0 Å². The predicted molar refractivity (Wildman–Crippen MR) is 91.8 cm³/mol. The number of hydrogen-bond acceptors (Lipinski definition) is 4. The molecule has 1 aliphatic rings. The third kappa shape index (κ3) is 4.40. The summed E-state index contributed by atoms with van der Waals surface area (Å²) in [5.74, 6) is -1.70. The van der Waals surface area contributed by atoms with E-state index in [0.29, 0.717) is 25.9 Å². The van der Waals surface area contributed by atoms with Gasteiger partial charge in [-0.15, -0.1) is 0 Å². The molecule has 1 aliphatic heterocycles. The number of aliphatic carboxylic acids is 1. The molecule has 1 unspecified atom stereocenters. The van der Waals surface area contributed by atoms with E-state index in [9.17, 15) is 18.0 Å². The van der Waals surface area contributed by atoms with Crippen LogP contribution >= 0.6 is 0 Å². The Hall–Kier alpha value is -1.87. The molecule has 2 rings (SSSR count). The fourth-order valence-electron chi connectivity index (χ4n) is 2.93. The summed E-state index contributed by atoms with van der Waals surface area (Å²) < 4.78 is 28.2. The Bertz CT molecular complexity index is 735. The zero-order valence-electron chi connectivity index (χ0n) is 14.6. The summed E-state index contributed by atoms with van der Waals surface area (Å²) in [5.41, 5.74) is 0.123. The van der Waals surface area contributed by atoms with Gasteiger partial charge in [0.2, 0.25) is 10.0 Å². The number of sulfonamides is 1. The van der Waals surface area contributed by atoms with E-state index in [-0.39, 0.29) is 10.6 Å². The van der Waals surface area contributed by atoms with Crippen molar-refractivity contribution in [3.05, 3.63) is 18.0 Å². The van der Waals surface area contributed by atoms with Crippen LogP contribution in [-0.4, -0.2) is 53.4 Å². The first kappa shape index (κ1) is 19.5. The minimum absolute atomic E-state index is 0.0596. The molecule has 0 saturated carbocycles. The number of hydrogen-bond donors (Lipinski definition) is 2. The average Bonchev–Trinajstić information content (AvgIpc) is 2.98. The monoisotopic (exact) mass is 371 g/mol. The van der Waals surface area contributed by atoms with Gasteiger partial charge >= 0.3 is 5.97 Å². The molecule has 0 bridgehead atoms. The number of aromatic nitrogens is 1. The van der Waals surface area contributed by atoms with Crippen LogP contribution in [0.15, 0.2) is 17.2 Å². The van der Waals surface area contributed by atoms with Gasteiger partial charge in [0.1, 0.15) is 16.6 Å². The lowest BCUT2D eigenvalue weighted by molar-refractivity contribution is -0.139. The summed E-state index contributed by atoms with van der Waals surface area (Å²) in [5, 5.41) is 11.6. The van der Waals surface area contributed by atoms with Gasteiger partial charge in [-0.25, -0.2) is 13.2 Å². The van der Waals surface area contributed by atoms with Gasteiger partial charge in [-0.2, -0.15) is 4.31 Å². The minimum atomic E-state index is -3.64. The van der Waals surface area contributed by atoms with Crippen LogP contribution < -0.4 is 5.32 Å². The SMILES string of the molecule is CCCC(NC(=O)c1cc(S(=O)(=O)N2CCCCC2)cn1C)C(=O)O. The highest BCUT2D eigenvalue weighted by Gasteiger charge is 2.29. The molecule has 8 nitrogen and oxygen atoms in total. The standard InChI is InChI=1S/C16H25N3O5S/c1-3-7-13(16(21)22)17-15(20)14-10-12(11-18(14)2)25(23,24)19-8-5-4-6-9-19/h10-11,13H,3-9H2,1-2H3,(H,17,20)(H,21,22). The first-order valence-corrected chi connectivity index (χ1v) is 9.91. The highest BCUT2D eigenvalue weighted by molar-refractivity contribution is 7.89. The summed E-state index contributed by atoms with van der Waals surface area (Å²) in [4.78, 5) is 23.6. The quantitative estimate of drug-likeness (QED) is 0.748. The predicted octanol–water partition coefficient (Wildman–Crippen LogP) is 1.18. The van der Waals surface area contributed by atoms with Gasteiger partial charge in [0.05, 0.1) is 0 Å². The Morgan fingerprint density at radius 3 is 2.48 bits per heavy atom. The van der Waals surface area contributed by atoms with Crippen molar-refractivity contribution in [3.63, 3.8) is 0 Å². The molecule has 140 valence electrons. The van der Waals surface area contributed by atoms with E-state index in [1.807, 2.05) is 6.92 Å². The summed E-state index contributed by atoms with van der Waals surface area (Å²) in [6.45, 7) is 2.79. The first-order chi connectivity index (χ1) is 11.8. The van der Waals surface area contributed by atoms with Crippen LogP contribution in [-0.2, 0) is 21.9 Å². The molecule has 1 aromatic rings. The van der Waals surface area contributed by atoms with E-state index in [1.165, 1.54) is 21.1 Å². The minimum Gasteiger partial charge on any atom is -0.480 e. The number of piperidine rings is 1. The van der Waals surface area contributed by atoms with Crippen molar-refractivity contribution in [1.82, 2.24) is 14.2 Å². The van der Waals surface area contributed by atoms with Crippen LogP contribution in [0.4, 0.5) is 0 Å². The lowest BCUT2D eigenvalue weighted by Gasteiger charge is -2.25. The van der Waals surface area contributed by atoms with Crippen molar-refractivity contribution in [2.75, 3.05) is 13.1 Å². The van der Waals surface area contributed by atoms with Crippen LogP contribution in [0.3, 0.4) is 0 Å². The van der Waals surface area contributed by atoms with E-state index in [1.54, 1.807) is 7.05 Å². The fourth-order valence-corrected chi connectivity index (χ4v) is 4.52. The molecule has 0 aromatic carbocycles. The molecule has 1 aromatic heterocycles. The number of aryl methyl sites for hydroxylation is 1. The van der Waals surface area contributed by atoms with E-state index in [4.69, 9.17) is 5.11 Å². The molecule has 25 heavy (non-hydrogen) atoms. The number of nitrogens with zero attached hydrogens (tertiary/aromatic N) is 2. The molecule has 2 N–H and O–H groups in total. The number of carboxylic acid groups (broad SMARTS) is 1. The third-order valence-electron chi connectivity index (χ3n) is 4.35. The molecule has 1 atom stereocenters. The number of rotatable bonds is 7. The number of carbonyl (C=O) groups is 2. The molecule has 2 heterocycles. The van der Waals surface area contributed by atoms with Crippen molar-refractivity contribution in [3.8, 4) is 0 Å². The zero-order chi connectivity index (χ0) is 18.6. The van der Waals surface area contributed by atoms with Crippen molar-refractivity contribution in [1.29, 1.82) is 0 Å². The van der Waals surface area contributed by atoms with Crippen LogP contribution in [0.5, 0.6) is 0 Å². The topological polar surface area (TPSA) is 109 Å². The molecule has 0 radical (unpaired) electrons. The summed E-state index contributed by atoms with van der Waals surface area (Å²) in [6, 6.07) is 0.318. The smallest absolute Gasteiger partial charge is 0.326 e. The van der Waals surface area contributed by atoms with Crippen LogP contribution in [0.2, 0.25) is 0 Å². The number of carbonyl (C=O) groups excluding carboxylic acids is 1. The maximum absolute atomic E-state index is 12.7. The number of nitrogens with one attached hydrogen (secondary N) is 1. The third-order valence-corrected chi connectivity index (χ3v) is 6.21. The second kappa shape index (κ2) is 8.01. The van der Waals surface area contributed by atoms with E-state index >= 15 is 0 Å². The van der Waals surface area contributed by atoms with Gasteiger partial charge in [0.25, 0.3) is 5.91 Å². The lowest BCUT2D eigenvalue weighted by Crippen LogP contribution is -2.41. The van der Waals surface area contributed by atoms with Gasteiger partial charge in [-0.05, 0) is 25.3 Å². The Kier molecular flexibility index (Phi) is 6.23.